The van der Waals surface area contributed by atoms with Gasteiger partial charge in [0.15, 0.2) is 0 Å². The Morgan fingerprint density at radius 2 is 1.04 bits per heavy atom. The lowest BCUT2D eigenvalue weighted by Gasteiger charge is -2.32. The van der Waals surface area contributed by atoms with E-state index in [1.807, 2.05) is 0 Å². The molecule has 2 fully saturated rings. The Hall–Kier alpha value is -2.70. The third-order valence-electron chi connectivity index (χ3n) is 5.49. The summed E-state index contributed by atoms with van der Waals surface area (Å²) in [5, 5.41) is -1.91. The van der Waals surface area contributed by atoms with Crippen LogP contribution in [0.15, 0.2) is 109 Å². The highest BCUT2D eigenvalue weighted by Gasteiger charge is 2.32. The van der Waals surface area contributed by atoms with Crippen LogP contribution in [0.5, 0.6) is 0 Å². The summed E-state index contributed by atoms with van der Waals surface area (Å²) in [4.78, 5) is -1.85. The molecule has 4 aromatic rings. The van der Waals surface area contributed by atoms with Crippen LogP contribution in [0.4, 0.5) is 0 Å². The minimum absolute atomic E-state index is 0.923. The average molecular weight is 740 g/mol. The van der Waals surface area contributed by atoms with E-state index in [1.54, 1.807) is 0 Å². The van der Waals surface area contributed by atoms with Gasteiger partial charge in [0, 0.05) is 76.3 Å². The summed E-state index contributed by atoms with van der Waals surface area (Å²) in [5.41, 5.74) is -15.1. The predicted molar refractivity (Wildman–Crippen MR) is 201 cm³/mol. The second kappa shape index (κ2) is 17.3. The number of likely N-dealkylation sites (tertiary alicyclic amines) is 2. The van der Waals surface area contributed by atoms with Gasteiger partial charge < -0.3 is 19.3 Å². The minimum atomic E-state index is -4.79. The summed E-state index contributed by atoms with van der Waals surface area (Å²) >= 11 is 11.7. The lowest BCUT2D eigenvalue weighted by Crippen LogP contribution is -2.31. The van der Waals surface area contributed by atoms with Crippen molar-refractivity contribution in [2.45, 2.75) is 75.2 Å². The first-order valence-electron chi connectivity index (χ1n) is 38.5. The summed E-state index contributed by atoms with van der Waals surface area (Å²) in [7, 11) is 0. The smallest absolute Gasteiger partial charge is 0.115 e. The van der Waals surface area contributed by atoms with Gasteiger partial charge >= 0.3 is 0 Å². The maximum absolute atomic E-state index is 8.87. The van der Waals surface area contributed by atoms with Gasteiger partial charge in [0.05, 0.1) is 30.2 Å². The Balaban J connectivity index is 0.000000361. The SMILES string of the molecule is [2H]c1c([2H])c([2H])c(C(OC([2H])([2H])C([2H])([2H])C2([2H])N(C([2H])([2H])[2H])C([2H])([2H])C([2H])([2H])C2([2H])[2H])(c2c([2H])c([2H])c(Cl)c([2H])c2[2H])C([2H])([2H])[2H])c([2H])c1[2H].[2H]c1c([2H])c([2H])c([C@@](OC([2H])([2H])C([2H])([2H])C2([2H])N(C([2H])([2H])[2H])C([2H])([2H])C([2H])([2H])C2([2H])[2H])(c2c([2H])c([2H])c(Cl)c([2H])c2[2H])C([2H])([2H])[2H])c([2H])c1[2H]. The third kappa shape index (κ3) is 9.29. The molecule has 0 aliphatic carbocycles. The minimum Gasteiger partial charge on any atom is -0.366 e. The van der Waals surface area contributed by atoms with Gasteiger partial charge in [0.1, 0.15) is 11.2 Å². The molecule has 2 aliphatic heterocycles. The zero-order valence-electron chi connectivity index (χ0n) is 75.5. The molecule has 4 aromatic carbocycles. The Morgan fingerprint density at radius 1 is 0.667 bits per heavy atom. The van der Waals surface area contributed by atoms with Crippen molar-refractivity contribution in [1.82, 2.24) is 9.80 Å². The number of rotatable bonds is 12. The van der Waals surface area contributed by atoms with E-state index in [-0.39, 0.29) is 0 Å². The van der Waals surface area contributed by atoms with Crippen LogP contribution in [-0.4, -0.2) is 61.9 Å². The number of ether oxygens (including phenoxy) is 2. The van der Waals surface area contributed by atoms with Gasteiger partial charge in [-0.15, -0.1) is 0 Å². The molecule has 0 amide bonds. The topological polar surface area (TPSA) is 24.9 Å². The predicted octanol–water partition coefficient (Wildman–Crippen LogP) is 10.2. The van der Waals surface area contributed by atoms with Crippen LogP contribution in [0.1, 0.15) is 145 Å². The van der Waals surface area contributed by atoms with E-state index in [9.17, 15) is 0 Å². The molecule has 2 heterocycles. The molecular formula is C42H52Cl2N2O2. The number of benzene rings is 4. The fraction of sp³-hybridized carbons (Fsp3) is 0.429. The van der Waals surface area contributed by atoms with Crippen LogP contribution in [0.2, 0.25) is 10.0 Å². The highest BCUT2D eigenvalue weighted by atomic mass is 35.5. The lowest BCUT2D eigenvalue weighted by atomic mass is 9.88. The largest absolute Gasteiger partial charge is 0.366 e. The van der Waals surface area contributed by atoms with Crippen molar-refractivity contribution in [3.63, 3.8) is 0 Å². The number of halogens is 2. The van der Waals surface area contributed by atoms with E-state index in [4.69, 9.17) is 104 Å². The Kier molecular flexibility index (Phi) is 3.12. The summed E-state index contributed by atoms with van der Waals surface area (Å²) in [5.74, 6) is 0. The maximum Gasteiger partial charge on any atom is 0.115 e. The molecule has 256 valence electrons. The normalized spacial score (nSPS) is 48.2. The monoisotopic (exact) mass is 739 g/mol. The van der Waals surface area contributed by atoms with Gasteiger partial charge in [0.2, 0.25) is 0 Å². The molecule has 3 unspecified atom stereocenters. The Bertz CT molecular complexity index is 3460. The Labute approximate surface area is 372 Å². The molecule has 48 heavy (non-hydrogen) atoms. The zero-order chi connectivity index (χ0) is 79.4. The van der Waals surface area contributed by atoms with Crippen LogP contribution < -0.4 is 0 Å². The summed E-state index contributed by atoms with van der Waals surface area (Å²) in [6, 6.07) is -33.8. The molecule has 0 aromatic heterocycles. The first-order valence-corrected chi connectivity index (χ1v) is 13.3. The van der Waals surface area contributed by atoms with Gasteiger partial charge in [0.25, 0.3) is 0 Å². The highest BCUT2D eigenvalue weighted by Crippen LogP contribution is 2.36. The second-order valence-corrected chi connectivity index (χ2v) is 9.25. The molecule has 0 N–H and O–H groups in total. The molecule has 2 saturated heterocycles. The summed E-state index contributed by atoms with van der Waals surface area (Å²) in [6.45, 7) is -34.7. The van der Waals surface area contributed by atoms with E-state index in [0.29, 0.717) is 0 Å². The van der Waals surface area contributed by atoms with E-state index >= 15 is 0 Å². The van der Waals surface area contributed by atoms with Crippen molar-refractivity contribution in [3.8, 4) is 0 Å². The molecule has 6 rings (SSSR count). The third-order valence-corrected chi connectivity index (χ3v) is 5.87. The van der Waals surface area contributed by atoms with Gasteiger partial charge in [-0.2, -0.15) is 0 Å². The average Bonchev–Trinajstić information content (AvgIpc) is 1.54. The van der Waals surface area contributed by atoms with Crippen molar-refractivity contribution in [1.29, 1.82) is 0 Å². The van der Waals surface area contributed by atoms with Gasteiger partial charge in [-0.05, 0) is 125 Å². The standard InChI is InChI=1S/2C21H26ClNO/c2*1-21(17-7-4-3-5-8-17,18-10-12-19(22)13-11-18)24-16-14-20-9-6-15-23(20)2/h2*3-5,7-8,10-13,20H,6,9,14-16H2,1-2H3/t20?,21-;/m1./s1/i2*1D3,2D3,3D,4D,5D,6D2,7D,8D,9D2,10D,11D,12D,13D,14D2,15D2,16D2,20D. The summed E-state index contributed by atoms with van der Waals surface area (Å²) < 4.78 is 444. The van der Waals surface area contributed by atoms with E-state index in [2.05, 4.69) is 0 Å². The highest BCUT2D eigenvalue weighted by molar-refractivity contribution is 6.30. The van der Waals surface area contributed by atoms with Gasteiger partial charge in [-0.25, -0.2) is 0 Å². The molecule has 0 saturated carbocycles. The second-order valence-electron chi connectivity index (χ2n) is 8.49. The van der Waals surface area contributed by atoms with Crippen molar-refractivity contribution >= 4 is 23.2 Å². The first kappa shape index (κ1) is 8.66. The zero-order valence-corrected chi connectivity index (χ0v) is 25.0. The maximum atomic E-state index is 8.87. The Morgan fingerprint density at radius 3 is 1.40 bits per heavy atom. The van der Waals surface area contributed by atoms with E-state index in [1.165, 1.54) is 0 Å². The van der Waals surface area contributed by atoms with Crippen LogP contribution >= 0.6 is 23.2 Å². The number of hydrogen-bond acceptors (Lipinski definition) is 4. The molecule has 0 spiro atoms. The fourth-order valence-corrected chi connectivity index (χ4v) is 3.43. The van der Waals surface area contributed by atoms with E-state index in [0.717, 1.165) is 0 Å². The van der Waals surface area contributed by atoms with Crippen molar-refractivity contribution < 1.29 is 80.8 Å². The number of hydrogen-bond donors (Lipinski definition) is 0. The first-order chi connectivity index (χ1) is 43.8. The lowest BCUT2D eigenvalue weighted by molar-refractivity contribution is -0.0119. The van der Waals surface area contributed by atoms with Gasteiger partial charge in [-0.1, -0.05) is 108 Å². The van der Waals surface area contributed by atoms with Crippen molar-refractivity contribution in [2.75, 3.05) is 40.1 Å². The van der Waals surface area contributed by atoms with Crippen LogP contribution in [0, 0.1) is 0 Å². The molecule has 4 nitrogen and oxygen atoms in total. The van der Waals surface area contributed by atoms with Crippen molar-refractivity contribution in [2.24, 2.45) is 0 Å². The molecule has 0 bridgehead atoms. The van der Waals surface area contributed by atoms with Crippen LogP contribution in [-0.2, 0) is 20.7 Å². The quantitative estimate of drug-likeness (QED) is 0.144. The van der Waals surface area contributed by atoms with E-state index < -0.39 is 266 Å². The fourth-order valence-electron chi connectivity index (χ4n) is 3.24. The van der Waals surface area contributed by atoms with Crippen LogP contribution in [0.3, 0.4) is 0 Å². The molecule has 0 radical (unpaired) electrons. The molecule has 6 heteroatoms. The van der Waals surface area contributed by atoms with Crippen LogP contribution in [0.25, 0.3) is 0 Å². The van der Waals surface area contributed by atoms with Gasteiger partial charge in [-0.3, -0.25) is 0 Å². The summed E-state index contributed by atoms with van der Waals surface area (Å²) in [6.07, 6.45) is -26.6. The van der Waals surface area contributed by atoms with Crippen molar-refractivity contribution in [3.05, 3.63) is 141 Å². The molecule has 4 atom stereocenters. The molecular weight excluding hydrogens is 635 g/mol. The number of nitrogens with zero attached hydrogens (tertiary/aromatic N) is 2. The molecule has 2 aliphatic rings.